The molecule has 1 unspecified atom stereocenters. The van der Waals surface area contributed by atoms with Crippen molar-refractivity contribution in [2.45, 2.75) is 71.4 Å². The smallest absolute Gasteiger partial charge is 0.105 e. The summed E-state index contributed by atoms with van der Waals surface area (Å²) in [6.07, 6.45) is 9.00. The Morgan fingerprint density at radius 2 is 1.36 bits per heavy atom. The Labute approximate surface area is 88.9 Å². The Hall–Kier alpha value is -0.0800. The van der Waals surface area contributed by atoms with Crippen molar-refractivity contribution >= 4 is 0 Å². The van der Waals surface area contributed by atoms with E-state index >= 15 is 0 Å². The van der Waals surface area contributed by atoms with Crippen LogP contribution in [0.2, 0.25) is 0 Å². The fourth-order valence-corrected chi connectivity index (χ4v) is 1.80. The number of rotatable bonds is 9. The van der Waals surface area contributed by atoms with Crippen molar-refractivity contribution in [3.05, 3.63) is 0 Å². The fraction of sp³-hybridized carbons (Fsp3) is 1.00. The Balaban J connectivity index is 3.55. The van der Waals surface area contributed by atoms with Crippen LogP contribution in [0.25, 0.3) is 0 Å². The zero-order valence-corrected chi connectivity index (χ0v) is 9.84. The van der Waals surface area contributed by atoms with Crippen molar-refractivity contribution in [1.29, 1.82) is 0 Å². The summed E-state index contributed by atoms with van der Waals surface area (Å²) in [6.45, 7) is 4.40. The molecule has 0 amide bonds. The van der Waals surface area contributed by atoms with Crippen LogP contribution >= 0.6 is 0 Å². The van der Waals surface area contributed by atoms with E-state index in [0.29, 0.717) is 5.92 Å². The van der Waals surface area contributed by atoms with Gasteiger partial charge in [-0.15, -0.1) is 0 Å². The zero-order valence-electron chi connectivity index (χ0n) is 9.84. The number of aliphatic hydroxyl groups is 1. The van der Waals surface area contributed by atoms with Crippen LogP contribution in [0.5, 0.6) is 0 Å². The van der Waals surface area contributed by atoms with Gasteiger partial charge in [-0.1, -0.05) is 52.4 Å². The number of hydrogen-bond donors (Lipinski definition) is 2. The molecule has 0 aromatic heterocycles. The second-order valence-electron chi connectivity index (χ2n) is 4.24. The lowest BCUT2D eigenvalue weighted by Gasteiger charge is -2.19. The summed E-state index contributed by atoms with van der Waals surface area (Å²) in [5, 5.41) is 9.39. The molecule has 0 aliphatic heterocycles. The topological polar surface area (TPSA) is 46.2 Å². The molecule has 0 fully saturated rings. The minimum absolute atomic E-state index is 0.327. The van der Waals surface area contributed by atoms with Crippen LogP contribution in [-0.2, 0) is 0 Å². The first-order valence-corrected chi connectivity index (χ1v) is 6.16. The molecule has 2 nitrogen and oxygen atoms in total. The second-order valence-corrected chi connectivity index (χ2v) is 4.24. The predicted octanol–water partition coefficient (Wildman–Crippen LogP) is 3.04. The standard InChI is InChI=1S/C12H27NO/c1-3-5-7-9-11(12(13)14)10-8-6-4-2/h11-12,14H,3-10,13H2,1-2H3. The van der Waals surface area contributed by atoms with Crippen LogP contribution in [0.15, 0.2) is 0 Å². The van der Waals surface area contributed by atoms with Crippen molar-refractivity contribution in [3.8, 4) is 0 Å². The highest BCUT2D eigenvalue weighted by Crippen LogP contribution is 2.18. The predicted molar refractivity (Wildman–Crippen MR) is 62.0 cm³/mol. The summed E-state index contributed by atoms with van der Waals surface area (Å²) in [4.78, 5) is 0. The van der Waals surface area contributed by atoms with Gasteiger partial charge in [0, 0.05) is 0 Å². The van der Waals surface area contributed by atoms with Gasteiger partial charge in [-0.25, -0.2) is 0 Å². The van der Waals surface area contributed by atoms with Crippen molar-refractivity contribution in [1.82, 2.24) is 0 Å². The van der Waals surface area contributed by atoms with Gasteiger partial charge in [-0.2, -0.15) is 0 Å². The molecule has 0 aliphatic rings. The minimum atomic E-state index is -0.608. The lowest BCUT2D eigenvalue weighted by Crippen LogP contribution is -2.29. The molecule has 1 atom stereocenters. The highest BCUT2D eigenvalue weighted by molar-refractivity contribution is 4.64. The summed E-state index contributed by atoms with van der Waals surface area (Å²) in [6, 6.07) is 0. The maximum Gasteiger partial charge on any atom is 0.105 e. The number of unbranched alkanes of at least 4 members (excludes halogenated alkanes) is 4. The molecule has 3 N–H and O–H groups in total. The summed E-state index contributed by atoms with van der Waals surface area (Å²) in [7, 11) is 0. The van der Waals surface area contributed by atoms with Crippen LogP contribution in [0.1, 0.15) is 65.2 Å². The highest BCUT2D eigenvalue weighted by atomic mass is 16.3. The van der Waals surface area contributed by atoms with Crippen LogP contribution < -0.4 is 5.73 Å². The van der Waals surface area contributed by atoms with Gasteiger partial charge in [-0.05, 0) is 18.8 Å². The molecule has 0 radical (unpaired) electrons. The number of hydrogen-bond acceptors (Lipinski definition) is 2. The molecular weight excluding hydrogens is 174 g/mol. The minimum Gasteiger partial charge on any atom is -0.379 e. The van der Waals surface area contributed by atoms with Gasteiger partial charge in [0.25, 0.3) is 0 Å². The quantitative estimate of drug-likeness (QED) is 0.445. The van der Waals surface area contributed by atoms with E-state index in [9.17, 15) is 5.11 Å². The second kappa shape index (κ2) is 9.47. The van der Waals surface area contributed by atoms with Gasteiger partial charge in [-0.3, -0.25) is 0 Å². The first-order chi connectivity index (χ1) is 6.72. The van der Waals surface area contributed by atoms with Crippen molar-refractivity contribution in [2.24, 2.45) is 11.7 Å². The Kier molecular flexibility index (Phi) is 9.42. The monoisotopic (exact) mass is 201 g/mol. The van der Waals surface area contributed by atoms with Gasteiger partial charge in [0.05, 0.1) is 0 Å². The molecular formula is C12H27NO. The average molecular weight is 201 g/mol. The number of nitrogens with two attached hydrogens (primary N) is 1. The third-order valence-corrected chi connectivity index (χ3v) is 2.84. The van der Waals surface area contributed by atoms with E-state index in [2.05, 4.69) is 13.8 Å². The van der Waals surface area contributed by atoms with E-state index in [4.69, 9.17) is 5.73 Å². The molecule has 0 aromatic rings. The number of aliphatic hydroxyl groups excluding tert-OH is 1. The molecule has 0 saturated carbocycles. The average Bonchev–Trinajstić information content (AvgIpc) is 2.15. The Morgan fingerprint density at radius 3 is 1.64 bits per heavy atom. The summed E-state index contributed by atoms with van der Waals surface area (Å²) in [5.41, 5.74) is 5.56. The first kappa shape index (κ1) is 13.9. The van der Waals surface area contributed by atoms with Gasteiger partial charge in [0.2, 0.25) is 0 Å². The van der Waals surface area contributed by atoms with Crippen molar-refractivity contribution in [2.75, 3.05) is 0 Å². The van der Waals surface area contributed by atoms with Crippen molar-refractivity contribution in [3.63, 3.8) is 0 Å². The summed E-state index contributed by atoms with van der Waals surface area (Å²) in [5.74, 6) is 0.327. The summed E-state index contributed by atoms with van der Waals surface area (Å²) < 4.78 is 0. The van der Waals surface area contributed by atoms with Crippen LogP contribution in [-0.4, -0.2) is 11.3 Å². The highest BCUT2D eigenvalue weighted by Gasteiger charge is 2.13. The largest absolute Gasteiger partial charge is 0.379 e. The van der Waals surface area contributed by atoms with Crippen LogP contribution in [0.3, 0.4) is 0 Å². The van der Waals surface area contributed by atoms with Gasteiger partial charge >= 0.3 is 0 Å². The molecule has 0 aromatic carbocycles. The van der Waals surface area contributed by atoms with Gasteiger partial charge < -0.3 is 10.8 Å². The molecule has 0 spiro atoms. The Bertz CT molecular complexity index is 105. The molecule has 0 heterocycles. The lowest BCUT2D eigenvalue weighted by molar-refractivity contribution is 0.0999. The maximum atomic E-state index is 9.39. The van der Waals surface area contributed by atoms with E-state index in [1.807, 2.05) is 0 Å². The first-order valence-electron chi connectivity index (χ1n) is 6.16. The molecule has 0 bridgehead atoms. The molecule has 2 heteroatoms. The third kappa shape index (κ3) is 7.34. The fourth-order valence-electron chi connectivity index (χ4n) is 1.80. The lowest BCUT2D eigenvalue weighted by atomic mass is 9.94. The molecule has 14 heavy (non-hydrogen) atoms. The molecule has 0 aliphatic carbocycles. The van der Waals surface area contributed by atoms with Gasteiger partial charge in [0.1, 0.15) is 6.23 Å². The van der Waals surface area contributed by atoms with Crippen LogP contribution in [0, 0.1) is 5.92 Å². The van der Waals surface area contributed by atoms with Crippen molar-refractivity contribution < 1.29 is 5.11 Å². The van der Waals surface area contributed by atoms with E-state index < -0.39 is 6.23 Å². The molecule has 86 valence electrons. The normalized spacial score (nSPS) is 13.5. The van der Waals surface area contributed by atoms with E-state index in [1.165, 1.54) is 38.5 Å². The Morgan fingerprint density at radius 1 is 0.929 bits per heavy atom. The molecule has 0 rings (SSSR count). The molecule has 0 saturated heterocycles. The van der Waals surface area contributed by atoms with E-state index in [-0.39, 0.29) is 0 Å². The van der Waals surface area contributed by atoms with E-state index in [1.54, 1.807) is 0 Å². The van der Waals surface area contributed by atoms with Gasteiger partial charge in [0.15, 0.2) is 0 Å². The van der Waals surface area contributed by atoms with Crippen LogP contribution in [0.4, 0.5) is 0 Å². The maximum absolute atomic E-state index is 9.39. The summed E-state index contributed by atoms with van der Waals surface area (Å²) >= 11 is 0. The SMILES string of the molecule is CCCCCC(CCCCC)C(N)O. The van der Waals surface area contributed by atoms with E-state index in [0.717, 1.165) is 12.8 Å². The zero-order chi connectivity index (χ0) is 10.8. The third-order valence-electron chi connectivity index (χ3n) is 2.84.